The van der Waals surface area contributed by atoms with Crippen molar-refractivity contribution in [2.45, 2.75) is 24.4 Å². The summed E-state index contributed by atoms with van der Waals surface area (Å²) in [7, 11) is -4.88. The Bertz CT molecular complexity index is 497. The van der Waals surface area contributed by atoms with Crippen molar-refractivity contribution in [3.63, 3.8) is 0 Å². The second-order valence-corrected chi connectivity index (χ2v) is 4.48. The summed E-state index contributed by atoms with van der Waals surface area (Å²) in [6.45, 7) is 1.50. The van der Waals surface area contributed by atoms with Crippen LogP contribution in [-0.2, 0) is 22.7 Å². The molecule has 0 radical (unpaired) electrons. The van der Waals surface area contributed by atoms with Gasteiger partial charge in [-0.2, -0.15) is 21.6 Å². The van der Waals surface area contributed by atoms with Crippen LogP contribution in [-0.4, -0.2) is 42.5 Å². The summed E-state index contributed by atoms with van der Waals surface area (Å²) in [5.74, 6) is 0. The summed E-state index contributed by atoms with van der Waals surface area (Å²) >= 11 is 0. The Morgan fingerprint density at radius 1 is 1.29 bits per heavy atom. The quantitative estimate of drug-likeness (QED) is 0.663. The first-order chi connectivity index (χ1) is 7.18. The summed E-state index contributed by atoms with van der Waals surface area (Å²) in [5.41, 5.74) is -1.40. The third kappa shape index (κ3) is 3.96. The molecule has 0 aliphatic carbocycles. The minimum atomic E-state index is -4.88. The molecule has 3 nitrogen and oxygen atoms in total. The number of hydrogen-bond acceptors (Lipinski definition) is 2. The number of aryl methyl sites for hydroxylation is 1. The van der Waals surface area contributed by atoms with Gasteiger partial charge in [0.25, 0.3) is 10.1 Å². The molecular weight excluding hydrogens is 268 g/mol. The van der Waals surface area contributed by atoms with Crippen LogP contribution >= 0.6 is 0 Å². The monoisotopic (exact) mass is 278 g/mol. The first-order valence-electron chi connectivity index (χ1n) is 4.34. The topological polar surface area (TPSA) is 54.4 Å². The Labute approximate surface area is 119 Å². The summed E-state index contributed by atoms with van der Waals surface area (Å²) in [6, 6.07) is 2.97. The van der Waals surface area contributed by atoms with Gasteiger partial charge >= 0.3 is 35.7 Å². The molecule has 0 aromatic heterocycles. The van der Waals surface area contributed by atoms with Crippen molar-refractivity contribution in [3.8, 4) is 0 Å². The molecule has 0 unspecified atom stereocenters. The normalized spacial score (nSPS) is 12.1. The van der Waals surface area contributed by atoms with Crippen LogP contribution in [0.15, 0.2) is 23.1 Å². The van der Waals surface area contributed by atoms with Crippen molar-refractivity contribution in [1.29, 1.82) is 0 Å². The van der Waals surface area contributed by atoms with Crippen LogP contribution in [0.4, 0.5) is 13.2 Å². The molecule has 0 saturated heterocycles. The van der Waals surface area contributed by atoms with E-state index in [1.54, 1.807) is 0 Å². The molecule has 0 atom stereocenters. The molecule has 8 heteroatoms. The SMILES string of the molecule is CCc1cccc(C(F)(F)F)c1S(=O)(=O)O.[NaH]. The Kier molecular flexibility index (Phi) is 5.68. The van der Waals surface area contributed by atoms with Gasteiger partial charge in [-0.3, -0.25) is 4.55 Å². The van der Waals surface area contributed by atoms with Gasteiger partial charge in [0.2, 0.25) is 0 Å². The molecule has 1 N–H and O–H groups in total. The van der Waals surface area contributed by atoms with E-state index < -0.39 is 26.8 Å². The van der Waals surface area contributed by atoms with Gasteiger partial charge in [0, 0.05) is 0 Å². The van der Waals surface area contributed by atoms with Gasteiger partial charge in [0.1, 0.15) is 4.90 Å². The number of rotatable bonds is 2. The standard InChI is InChI=1S/C9H9F3O3S.Na.H/c1-2-6-4-3-5-7(9(10,11)12)8(6)16(13,14)15;;/h3-5H,2H2,1H3,(H,13,14,15);;. The fraction of sp³-hybridized carbons (Fsp3) is 0.333. The molecule has 1 rings (SSSR count). The van der Waals surface area contributed by atoms with Gasteiger partial charge in [-0.25, -0.2) is 0 Å². The van der Waals surface area contributed by atoms with Crippen LogP contribution in [0.1, 0.15) is 18.1 Å². The molecule has 0 fully saturated rings. The summed E-state index contributed by atoms with van der Waals surface area (Å²) < 4.78 is 68.2. The third-order valence-electron chi connectivity index (χ3n) is 2.04. The van der Waals surface area contributed by atoms with Gasteiger partial charge in [0.15, 0.2) is 0 Å². The zero-order valence-electron chi connectivity index (χ0n) is 8.25. The zero-order valence-corrected chi connectivity index (χ0v) is 9.06. The molecule has 92 valence electrons. The molecular formula is C9H10F3NaO3S. The van der Waals surface area contributed by atoms with E-state index in [-0.39, 0.29) is 41.5 Å². The van der Waals surface area contributed by atoms with Crippen molar-refractivity contribution in [2.24, 2.45) is 0 Å². The maximum atomic E-state index is 12.5. The van der Waals surface area contributed by atoms with Crippen LogP contribution in [0, 0.1) is 0 Å². The summed E-state index contributed by atoms with van der Waals surface area (Å²) in [5, 5.41) is 0. The van der Waals surface area contributed by atoms with E-state index in [4.69, 9.17) is 4.55 Å². The van der Waals surface area contributed by atoms with Gasteiger partial charge in [-0.05, 0) is 18.1 Å². The maximum absolute atomic E-state index is 12.5. The Hall–Kier alpha value is -0.0800. The minimum absolute atomic E-state index is 0. The van der Waals surface area contributed by atoms with Gasteiger partial charge in [0.05, 0.1) is 5.56 Å². The molecule has 1 aromatic carbocycles. The van der Waals surface area contributed by atoms with Crippen LogP contribution in [0.3, 0.4) is 0 Å². The molecule has 0 heterocycles. The number of halogens is 3. The van der Waals surface area contributed by atoms with E-state index in [1.165, 1.54) is 13.0 Å². The van der Waals surface area contributed by atoms with Crippen LogP contribution < -0.4 is 0 Å². The first-order valence-corrected chi connectivity index (χ1v) is 5.78. The third-order valence-corrected chi connectivity index (χ3v) is 3.04. The van der Waals surface area contributed by atoms with E-state index in [9.17, 15) is 21.6 Å². The van der Waals surface area contributed by atoms with E-state index >= 15 is 0 Å². The summed E-state index contributed by atoms with van der Waals surface area (Å²) in [6.07, 6.45) is -4.73. The van der Waals surface area contributed by atoms with Crippen molar-refractivity contribution >= 4 is 39.7 Å². The average Bonchev–Trinajstić information content (AvgIpc) is 2.13. The molecule has 0 aliphatic heterocycles. The van der Waals surface area contributed by atoms with Crippen molar-refractivity contribution < 1.29 is 26.1 Å². The first kappa shape index (κ1) is 16.9. The molecule has 0 aliphatic rings. The summed E-state index contributed by atoms with van der Waals surface area (Å²) in [4.78, 5) is -1.05. The van der Waals surface area contributed by atoms with Gasteiger partial charge in [-0.15, -0.1) is 0 Å². The predicted octanol–water partition coefficient (Wildman–Crippen LogP) is 1.87. The molecule has 0 bridgehead atoms. The Morgan fingerprint density at radius 3 is 2.18 bits per heavy atom. The van der Waals surface area contributed by atoms with Crippen LogP contribution in [0.25, 0.3) is 0 Å². The average molecular weight is 278 g/mol. The van der Waals surface area contributed by atoms with Crippen LogP contribution in [0.5, 0.6) is 0 Å². The number of hydrogen-bond donors (Lipinski definition) is 1. The molecule has 1 aromatic rings. The van der Waals surface area contributed by atoms with E-state index in [1.807, 2.05) is 0 Å². The van der Waals surface area contributed by atoms with Crippen molar-refractivity contribution in [1.82, 2.24) is 0 Å². The Balaban J connectivity index is 0.00000256. The predicted molar refractivity (Wildman–Crippen MR) is 57.8 cm³/mol. The number of benzene rings is 1. The second kappa shape index (κ2) is 5.71. The molecule has 0 amide bonds. The number of alkyl halides is 3. The van der Waals surface area contributed by atoms with Crippen molar-refractivity contribution in [3.05, 3.63) is 29.3 Å². The van der Waals surface area contributed by atoms with E-state index in [2.05, 4.69) is 0 Å². The molecule has 0 spiro atoms. The van der Waals surface area contributed by atoms with E-state index in [0.717, 1.165) is 6.07 Å². The van der Waals surface area contributed by atoms with Gasteiger partial charge < -0.3 is 0 Å². The zero-order chi connectivity index (χ0) is 12.6. The van der Waals surface area contributed by atoms with E-state index in [0.29, 0.717) is 6.07 Å². The van der Waals surface area contributed by atoms with Gasteiger partial charge in [-0.1, -0.05) is 19.1 Å². The van der Waals surface area contributed by atoms with Crippen LogP contribution in [0.2, 0.25) is 0 Å². The molecule has 17 heavy (non-hydrogen) atoms. The fourth-order valence-electron chi connectivity index (χ4n) is 1.39. The fourth-order valence-corrected chi connectivity index (χ4v) is 2.40. The Morgan fingerprint density at radius 2 is 1.82 bits per heavy atom. The van der Waals surface area contributed by atoms with Crippen molar-refractivity contribution in [2.75, 3.05) is 0 Å². The second-order valence-electron chi connectivity index (χ2n) is 3.12. The molecule has 0 saturated carbocycles.